The van der Waals surface area contributed by atoms with E-state index in [1.165, 1.54) is 0 Å². The molecule has 3 amide bonds. The van der Waals surface area contributed by atoms with Gasteiger partial charge in [0.05, 0.1) is 12.5 Å². The molecule has 7 nitrogen and oxygen atoms in total. The molecule has 0 spiro atoms. The van der Waals surface area contributed by atoms with Crippen molar-refractivity contribution in [1.29, 1.82) is 0 Å². The number of nitrogens with zero attached hydrogens (tertiary/aromatic N) is 1. The molecule has 1 aromatic carbocycles. The van der Waals surface area contributed by atoms with Gasteiger partial charge in [0.15, 0.2) is 0 Å². The van der Waals surface area contributed by atoms with Crippen LogP contribution < -0.4 is 10.6 Å². The summed E-state index contributed by atoms with van der Waals surface area (Å²) in [5, 5.41) is 14.1. The lowest BCUT2D eigenvalue weighted by molar-refractivity contribution is -0.133. The van der Waals surface area contributed by atoms with Gasteiger partial charge in [0.2, 0.25) is 11.8 Å². The molecule has 2 fully saturated rings. The van der Waals surface area contributed by atoms with E-state index in [-0.39, 0.29) is 25.3 Å². The fourth-order valence-electron chi connectivity index (χ4n) is 3.36. The molecule has 26 heavy (non-hydrogen) atoms. The van der Waals surface area contributed by atoms with Crippen LogP contribution in [0.15, 0.2) is 24.3 Å². The number of likely N-dealkylation sites (tertiary alicyclic amines) is 1. The Hall–Kier alpha value is -2.71. The molecule has 0 aliphatic carbocycles. The van der Waals surface area contributed by atoms with Gasteiger partial charge in [-0.3, -0.25) is 14.9 Å². The zero-order chi connectivity index (χ0) is 18.9. The summed E-state index contributed by atoms with van der Waals surface area (Å²) in [4.78, 5) is 34.5. The average Bonchev–Trinajstić information content (AvgIpc) is 2.57. The first-order chi connectivity index (χ1) is 12.3. The highest BCUT2D eigenvalue weighted by Crippen LogP contribution is 2.40. The van der Waals surface area contributed by atoms with Crippen molar-refractivity contribution in [2.24, 2.45) is 0 Å². The third-order valence-corrected chi connectivity index (χ3v) is 4.76. The van der Waals surface area contributed by atoms with Crippen molar-refractivity contribution >= 4 is 23.6 Å². The summed E-state index contributed by atoms with van der Waals surface area (Å²) in [5.74, 6) is -4.91. The molecule has 2 aliphatic heterocycles. The van der Waals surface area contributed by atoms with Gasteiger partial charge in [-0.1, -0.05) is 12.1 Å². The lowest BCUT2D eigenvalue weighted by Gasteiger charge is -2.37. The Morgan fingerprint density at radius 3 is 2.50 bits per heavy atom. The highest BCUT2D eigenvalue weighted by atomic mass is 19.3. The van der Waals surface area contributed by atoms with Crippen molar-refractivity contribution in [2.45, 2.75) is 37.1 Å². The van der Waals surface area contributed by atoms with Gasteiger partial charge in [0.1, 0.15) is 6.04 Å². The van der Waals surface area contributed by atoms with E-state index >= 15 is 0 Å². The van der Waals surface area contributed by atoms with E-state index in [1.54, 1.807) is 24.3 Å². The van der Waals surface area contributed by atoms with Gasteiger partial charge >= 0.3 is 6.09 Å². The number of piperidine rings is 2. The molecule has 2 atom stereocenters. The van der Waals surface area contributed by atoms with E-state index in [0.29, 0.717) is 17.7 Å². The SMILES string of the molecule is O=C1CCC(Nc2ccc([C@@H]3CCN(C(=O)O)CC3(F)F)cc2)C(=O)N1. The summed E-state index contributed by atoms with van der Waals surface area (Å²) < 4.78 is 28.6. The number of carbonyl (C=O) groups is 3. The summed E-state index contributed by atoms with van der Waals surface area (Å²) in [6.45, 7) is -0.755. The number of rotatable bonds is 3. The standard InChI is InChI=1S/C17H19F2N3O4/c18-17(19)9-22(16(25)26)8-7-12(17)10-1-3-11(4-2-10)20-13-5-6-14(23)21-15(13)24/h1-4,12-13,20H,5-9H2,(H,25,26)(H,21,23,24)/t12-,13?/m0/s1. The first kappa shape index (κ1) is 18.1. The van der Waals surface area contributed by atoms with Crippen LogP contribution in [0.4, 0.5) is 19.3 Å². The topological polar surface area (TPSA) is 98.7 Å². The summed E-state index contributed by atoms with van der Waals surface area (Å²) in [6.07, 6.45) is -0.681. The number of halogens is 2. The Morgan fingerprint density at radius 2 is 1.92 bits per heavy atom. The normalized spacial score (nSPS) is 25.5. The maximum atomic E-state index is 14.3. The van der Waals surface area contributed by atoms with E-state index in [1.807, 2.05) is 0 Å². The van der Waals surface area contributed by atoms with E-state index in [0.717, 1.165) is 4.90 Å². The minimum absolute atomic E-state index is 0.0409. The van der Waals surface area contributed by atoms with Crippen LogP contribution in [-0.2, 0) is 9.59 Å². The van der Waals surface area contributed by atoms with Crippen LogP contribution in [0, 0.1) is 0 Å². The molecule has 9 heteroatoms. The molecule has 0 bridgehead atoms. The number of anilines is 1. The Balaban J connectivity index is 1.67. The molecule has 3 N–H and O–H groups in total. The molecule has 0 radical (unpaired) electrons. The van der Waals surface area contributed by atoms with Crippen LogP contribution in [0.25, 0.3) is 0 Å². The number of nitrogens with one attached hydrogen (secondary N) is 2. The summed E-state index contributed by atoms with van der Waals surface area (Å²) in [7, 11) is 0. The first-order valence-corrected chi connectivity index (χ1v) is 8.32. The molecule has 2 heterocycles. The van der Waals surface area contributed by atoms with Crippen molar-refractivity contribution in [1.82, 2.24) is 10.2 Å². The summed E-state index contributed by atoms with van der Waals surface area (Å²) in [5.41, 5.74) is 1.02. The smallest absolute Gasteiger partial charge is 0.407 e. The van der Waals surface area contributed by atoms with Gasteiger partial charge in [0, 0.05) is 18.7 Å². The predicted molar refractivity (Wildman–Crippen MR) is 88.1 cm³/mol. The first-order valence-electron chi connectivity index (χ1n) is 8.32. The third-order valence-electron chi connectivity index (χ3n) is 4.76. The lowest BCUT2D eigenvalue weighted by atomic mass is 9.86. The maximum absolute atomic E-state index is 14.3. The third kappa shape index (κ3) is 3.76. The van der Waals surface area contributed by atoms with E-state index in [4.69, 9.17) is 5.11 Å². The zero-order valence-electron chi connectivity index (χ0n) is 13.9. The number of benzene rings is 1. The average molecular weight is 367 g/mol. The van der Waals surface area contributed by atoms with Crippen molar-refractivity contribution in [2.75, 3.05) is 18.4 Å². The molecular weight excluding hydrogens is 348 g/mol. The second kappa shape index (κ2) is 6.89. The molecule has 2 saturated heterocycles. The van der Waals surface area contributed by atoms with Crippen LogP contribution in [0.3, 0.4) is 0 Å². The quantitative estimate of drug-likeness (QED) is 0.710. The number of alkyl halides is 2. The minimum Gasteiger partial charge on any atom is -0.465 e. The number of imide groups is 1. The molecule has 1 unspecified atom stereocenters. The van der Waals surface area contributed by atoms with Crippen LogP contribution >= 0.6 is 0 Å². The summed E-state index contributed by atoms with van der Waals surface area (Å²) >= 11 is 0. The van der Waals surface area contributed by atoms with Crippen molar-refractivity contribution in [3.8, 4) is 0 Å². The Bertz CT molecular complexity index is 723. The van der Waals surface area contributed by atoms with Crippen LogP contribution in [-0.4, -0.2) is 53.0 Å². The number of hydrogen-bond acceptors (Lipinski definition) is 4. The van der Waals surface area contributed by atoms with Gasteiger partial charge in [0.25, 0.3) is 5.92 Å². The van der Waals surface area contributed by atoms with Gasteiger partial charge < -0.3 is 15.3 Å². The zero-order valence-corrected chi connectivity index (χ0v) is 13.9. The molecule has 1 aromatic rings. The monoisotopic (exact) mass is 367 g/mol. The molecule has 0 aromatic heterocycles. The van der Waals surface area contributed by atoms with E-state index in [9.17, 15) is 23.2 Å². The fourth-order valence-corrected chi connectivity index (χ4v) is 3.36. The van der Waals surface area contributed by atoms with E-state index < -0.39 is 36.4 Å². The Morgan fingerprint density at radius 1 is 1.23 bits per heavy atom. The fraction of sp³-hybridized carbons (Fsp3) is 0.471. The number of carboxylic acid groups (broad SMARTS) is 1. The number of amides is 3. The lowest BCUT2D eigenvalue weighted by Crippen LogP contribution is -2.49. The van der Waals surface area contributed by atoms with Gasteiger partial charge in [-0.2, -0.15) is 0 Å². The Labute approximate surface area is 148 Å². The van der Waals surface area contributed by atoms with Crippen molar-refractivity contribution in [3.05, 3.63) is 29.8 Å². The minimum atomic E-state index is -3.14. The van der Waals surface area contributed by atoms with Crippen LogP contribution in [0.5, 0.6) is 0 Å². The molecule has 140 valence electrons. The molecule has 2 aliphatic rings. The molecule has 0 saturated carbocycles. The largest absolute Gasteiger partial charge is 0.465 e. The van der Waals surface area contributed by atoms with E-state index in [2.05, 4.69) is 10.6 Å². The second-order valence-corrected chi connectivity index (χ2v) is 6.58. The van der Waals surface area contributed by atoms with Gasteiger partial charge in [-0.25, -0.2) is 13.6 Å². The van der Waals surface area contributed by atoms with Crippen molar-refractivity contribution < 1.29 is 28.3 Å². The summed E-state index contributed by atoms with van der Waals surface area (Å²) in [6, 6.07) is 5.79. The molecule has 3 rings (SSSR count). The Kier molecular flexibility index (Phi) is 4.80. The second-order valence-electron chi connectivity index (χ2n) is 6.58. The van der Waals surface area contributed by atoms with Crippen molar-refractivity contribution in [3.63, 3.8) is 0 Å². The highest BCUT2D eigenvalue weighted by molar-refractivity contribution is 6.01. The number of hydrogen-bond donors (Lipinski definition) is 3. The molecular formula is C17H19F2N3O4. The number of carbonyl (C=O) groups excluding carboxylic acids is 2. The predicted octanol–water partition coefficient (Wildman–Crippen LogP) is 2.01. The van der Waals surface area contributed by atoms with Crippen LogP contribution in [0.2, 0.25) is 0 Å². The van der Waals surface area contributed by atoms with Gasteiger partial charge in [-0.05, 0) is 30.5 Å². The maximum Gasteiger partial charge on any atom is 0.407 e. The highest BCUT2D eigenvalue weighted by Gasteiger charge is 2.46. The van der Waals surface area contributed by atoms with Crippen LogP contribution in [0.1, 0.15) is 30.7 Å². The van der Waals surface area contributed by atoms with Gasteiger partial charge in [-0.15, -0.1) is 0 Å².